The minimum Gasteiger partial charge on any atom is -0.392 e. The van der Waals surface area contributed by atoms with Gasteiger partial charge in [-0.2, -0.15) is 11.8 Å². The largest absolute Gasteiger partial charge is 0.392 e. The molecule has 5 heteroatoms. The second kappa shape index (κ2) is 6.05. The highest BCUT2D eigenvalue weighted by Crippen LogP contribution is 2.31. The van der Waals surface area contributed by atoms with Crippen LogP contribution in [0, 0.1) is 5.41 Å². The van der Waals surface area contributed by atoms with E-state index in [0.29, 0.717) is 23.1 Å². The number of carbonyl (C=O) groups excluding carboxylic acids is 1. The molecular weight excluding hydrogens is 252 g/mol. The molecule has 1 amide bonds. The van der Waals surface area contributed by atoms with E-state index in [9.17, 15) is 4.79 Å². The Bertz CT molecular complexity index is 303. The maximum absolute atomic E-state index is 12.6. The number of thioether (sulfide) groups is 1. The fraction of sp³-hybridized carbons (Fsp3) is 0.833. The van der Waals surface area contributed by atoms with Crippen molar-refractivity contribution < 1.29 is 4.79 Å². The van der Waals surface area contributed by atoms with Gasteiger partial charge in [-0.05, 0) is 12.8 Å². The quantitative estimate of drug-likeness (QED) is 0.797. The lowest BCUT2D eigenvalue weighted by atomic mass is 9.80. The fourth-order valence-electron chi connectivity index (χ4n) is 2.31. The average molecular weight is 274 g/mol. The normalized spacial score (nSPS) is 21.4. The summed E-state index contributed by atoms with van der Waals surface area (Å²) >= 11 is 7.04. The van der Waals surface area contributed by atoms with Crippen LogP contribution in [0.1, 0.15) is 33.6 Å². The molecule has 1 atom stereocenters. The third-order valence-corrected chi connectivity index (χ3v) is 5.14. The molecule has 1 unspecified atom stereocenters. The molecule has 2 N–H and O–H groups in total. The highest BCUT2D eigenvalue weighted by atomic mass is 32.2. The second-order valence-electron chi connectivity index (χ2n) is 4.59. The predicted octanol–water partition coefficient (Wildman–Crippen LogP) is 2.04. The van der Waals surface area contributed by atoms with Gasteiger partial charge in [-0.1, -0.05) is 33.0 Å². The number of nitrogens with two attached hydrogens (primary N) is 1. The van der Waals surface area contributed by atoms with E-state index in [0.717, 1.165) is 18.8 Å². The summed E-state index contributed by atoms with van der Waals surface area (Å²) in [4.78, 5) is 14.9. The van der Waals surface area contributed by atoms with Crippen LogP contribution in [0.5, 0.6) is 0 Å². The number of carbonyl (C=O) groups is 1. The molecule has 1 heterocycles. The third-order valence-electron chi connectivity index (χ3n) is 3.62. The van der Waals surface area contributed by atoms with E-state index in [1.165, 1.54) is 0 Å². The number of nitrogens with zero attached hydrogens (tertiary/aromatic N) is 1. The Morgan fingerprint density at radius 2 is 2.12 bits per heavy atom. The molecule has 17 heavy (non-hydrogen) atoms. The van der Waals surface area contributed by atoms with Gasteiger partial charge in [-0.15, -0.1) is 0 Å². The van der Waals surface area contributed by atoms with Crippen LogP contribution in [0.15, 0.2) is 0 Å². The first-order valence-corrected chi connectivity index (χ1v) is 7.64. The molecule has 1 rings (SSSR count). The van der Waals surface area contributed by atoms with E-state index in [1.807, 2.05) is 30.5 Å². The van der Waals surface area contributed by atoms with Crippen molar-refractivity contribution in [3.05, 3.63) is 0 Å². The van der Waals surface area contributed by atoms with E-state index in [2.05, 4.69) is 6.92 Å². The lowest BCUT2D eigenvalue weighted by Gasteiger charge is -2.38. The van der Waals surface area contributed by atoms with Gasteiger partial charge in [-0.25, -0.2) is 0 Å². The maximum Gasteiger partial charge on any atom is 0.235 e. The summed E-state index contributed by atoms with van der Waals surface area (Å²) in [6.45, 7) is 7.77. The maximum atomic E-state index is 12.6. The summed E-state index contributed by atoms with van der Waals surface area (Å²) in [6.07, 6.45) is 1.38. The van der Waals surface area contributed by atoms with Crippen molar-refractivity contribution in [2.75, 3.05) is 18.8 Å². The molecule has 0 radical (unpaired) electrons. The van der Waals surface area contributed by atoms with E-state index in [-0.39, 0.29) is 5.91 Å². The van der Waals surface area contributed by atoms with Crippen molar-refractivity contribution >= 4 is 34.9 Å². The van der Waals surface area contributed by atoms with Gasteiger partial charge < -0.3 is 10.6 Å². The highest BCUT2D eigenvalue weighted by Gasteiger charge is 2.41. The van der Waals surface area contributed by atoms with Crippen molar-refractivity contribution in [1.82, 2.24) is 4.90 Å². The van der Waals surface area contributed by atoms with Crippen LogP contribution in [0.3, 0.4) is 0 Å². The smallest absolute Gasteiger partial charge is 0.235 e. The minimum atomic E-state index is -0.628. The molecule has 0 aromatic rings. The Morgan fingerprint density at radius 1 is 1.53 bits per heavy atom. The molecule has 1 saturated heterocycles. The molecule has 0 aromatic heterocycles. The summed E-state index contributed by atoms with van der Waals surface area (Å²) in [5.41, 5.74) is 5.19. The summed E-state index contributed by atoms with van der Waals surface area (Å²) in [6, 6.07) is 0. The van der Waals surface area contributed by atoms with Gasteiger partial charge in [0.25, 0.3) is 0 Å². The van der Waals surface area contributed by atoms with Crippen LogP contribution >= 0.6 is 24.0 Å². The fourth-order valence-corrected chi connectivity index (χ4v) is 3.70. The first-order chi connectivity index (χ1) is 7.97. The van der Waals surface area contributed by atoms with Crippen LogP contribution in [0.25, 0.3) is 0 Å². The van der Waals surface area contributed by atoms with Crippen molar-refractivity contribution in [2.24, 2.45) is 11.1 Å². The molecule has 0 spiro atoms. The van der Waals surface area contributed by atoms with E-state index in [4.69, 9.17) is 18.0 Å². The Kier molecular flexibility index (Phi) is 5.25. The molecule has 0 aromatic carbocycles. The lowest BCUT2D eigenvalue weighted by molar-refractivity contribution is -0.138. The zero-order valence-electron chi connectivity index (χ0n) is 10.9. The Hall–Kier alpha value is -0.290. The topological polar surface area (TPSA) is 46.3 Å². The Balaban J connectivity index is 2.88. The van der Waals surface area contributed by atoms with Crippen molar-refractivity contribution in [3.63, 3.8) is 0 Å². The van der Waals surface area contributed by atoms with Gasteiger partial charge in [0.1, 0.15) is 0 Å². The number of rotatable bonds is 4. The van der Waals surface area contributed by atoms with Crippen LogP contribution in [-0.4, -0.2) is 39.9 Å². The standard InChI is InChI=1S/C12H22N2OS2/c1-4-12(5-2,10(13)16)11(15)14-6-7-17-9(3)8-14/h9H,4-8H2,1-3H3,(H2,13,16). The number of thiocarbonyl (C=S) groups is 1. The molecule has 1 aliphatic rings. The van der Waals surface area contributed by atoms with Gasteiger partial charge in [0.2, 0.25) is 5.91 Å². The number of hydrogen-bond acceptors (Lipinski definition) is 3. The van der Waals surface area contributed by atoms with Gasteiger partial charge in [-0.3, -0.25) is 4.79 Å². The zero-order valence-corrected chi connectivity index (χ0v) is 12.5. The lowest BCUT2D eigenvalue weighted by Crippen LogP contribution is -2.53. The highest BCUT2D eigenvalue weighted by molar-refractivity contribution is 7.99. The molecular formula is C12H22N2OS2. The third kappa shape index (κ3) is 2.94. The van der Waals surface area contributed by atoms with E-state index >= 15 is 0 Å². The molecule has 0 aliphatic carbocycles. The van der Waals surface area contributed by atoms with E-state index < -0.39 is 5.41 Å². The zero-order chi connectivity index (χ0) is 13.1. The van der Waals surface area contributed by atoms with Crippen LogP contribution in [0.2, 0.25) is 0 Å². The predicted molar refractivity (Wildman–Crippen MR) is 78.3 cm³/mol. The van der Waals surface area contributed by atoms with Gasteiger partial charge in [0.05, 0.1) is 10.4 Å². The molecule has 1 aliphatic heterocycles. The van der Waals surface area contributed by atoms with Gasteiger partial charge in [0.15, 0.2) is 0 Å². The van der Waals surface area contributed by atoms with Crippen molar-refractivity contribution in [2.45, 2.75) is 38.9 Å². The van der Waals surface area contributed by atoms with Crippen LogP contribution in [-0.2, 0) is 4.79 Å². The summed E-state index contributed by atoms with van der Waals surface area (Å²) in [7, 11) is 0. The number of hydrogen-bond donors (Lipinski definition) is 1. The van der Waals surface area contributed by atoms with Gasteiger partial charge >= 0.3 is 0 Å². The SMILES string of the molecule is CCC(CC)(C(=O)N1CCSC(C)C1)C(N)=S. The molecule has 98 valence electrons. The first kappa shape index (κ1) is 14.8. The molecule has 3 nitrogen and oxygen atoms in total. The second-order valence-corrected chi connectivity index (χ2v) is 6.57. The Morgan fingerprint density at radius 3 is 2.53 bits per heavy atom. The monoisotopic (exact) mass is 274 g/mol. The Labute approximate surface area is 113 Å². The summed E-state index contributed by atoms with van der Waals surface area (Å²) in [5, 5.41) is 0.505. The van der Waals surface area contributed by atoms with Crippen LogP contribution in [0.4, 0.5) is 0 Å². The van der Waals surface area contributed by atoms with Gasteiger partial charge in [0, 0.05) is 24.1 Å². The average Bonchev–Trinajstić information content (AvgIpc) is 2.30. The van der Waals surface area contributed by atoms with E-state index in [1.54, 1.807) is 0 Å². The first-order valence-electron chi connectivity index (χ1n) is 6.18. The minimum absolute atomic E-state index is 0.127. The van der Waals surface area contributed by atoms with Crippen molar-refractivity contribution in [3.8, 4) is 0 Å². The molecule has 0 bridgehead atoms. The molecule has 0 saturated carbocycles. The van der Waals surface area contributed by atoms with Crippen molar-refractivity contribution in [1.29, 1.82) is 0 Å². The number of amides is 1. The molecule has 1 fully saturated rings. The summed E-state index contributed by atoms with van der Waals surface area (Å²) in [5.74, 6) is 1.13. The summed E-state index contributed by atoms with van der Waals surface area (Å²) < 4.78 is 0. The van der Waals surface area contributed by atoms with Crippen LogP contribution < -0.4 is 5.73 Å².